The van der Waals surface area contributed by atoms with Crippen LogP contribution in [-0.2, 0) is 15.8 Å². The first kappa shape index (κ1) is 22.3. The zero-order valence-corrected chi connectivity index (χ0v) is 17.9. The van der Waals surface area contributed by atoms with Crippen molar-refractivity contribution in [1.82, 2.24) is 0 Å². The molecule has 1 aliphatic rings. The van der Waals surface area contributed by atoms with Crippen molar-refractivity contribution in [3.8, 4) is 0 Å². The Morgan fingerprint density at radius 2 is 1.97 bits per heavy atom. The molecule has 0 bridgehead atoms. The van der Waals surface area contributed by atoms with Gasteiger partial charge in [-0.15, -0.1) is 11.8 Å². The molecule has 166 valence electrons. The van der Waals surface area contributed by atoms with E-state index >= 15 is 0 Å². The van der Waals surface area contributed by atoms with E-state index in [9.17, 15) is 22.8 Å². The van der Waals surface area contributed by atoms with Crippen LogP contribution in [0, 0.1) is 0 Å². The average Bonchev–Trinajstić information content (AvgIpc) is 3.23. The average molecular weight is 481 g/mol. The quantitative estimate of drug-likeness (QED) is 0.485. The third-order valence-corrected chi connectivity index (χ3v) is 6.43. The number of hydrogen-bond donors (Lipinski definition) is 1. The number of para-hydroxylation sites is 1. The number of carbonyl (C=O) groups is 2. The fourth-order valence-corrected chi connectivity index (χ4v) is 4.72. The number of nitrogens with zero attached hydrogens (tertiary/aromatic N) is 1. The van der Waals surface area contributed by atoms with Gasteiger partial charge in [-0.1, -0.05) is 23.7 Å². The van der Waals surface area contributed by atoms with Crippen molar-refractivity contribution in [2.24, 2.45) is 0 Å². The highest BCUT2D eigenvalue weighted by molar-refractivity contribution is 7.99. The zero-order chi connectivity index (χ0) is 22.9. The lowest BCUT2D eigenvalue weighted by atomic mass is 10.2. The van der Waals surface area contributed by atoms with Gasteiger partial charge in [-0.25, -0.2) is 0 Å². The summed E-state index contributed by atoms with van der Waals surface area (Å²) in [5.41, 5.74) is -0.571. The molecule has 0 radical (unpaired) electrons. The Hall–Kier alpha value is -2.91. The Morgan fingerprint density at radius 1 is 1.19 bits per heavy atom. The van der Waals surface area contributed by atoms with Crippen LogP contribution >= 0.6 is 23.4 Å². The summed E-state index contributed by atoms with van der Waals surface area (Å²) in [5.74, 6) is -0.342. The minimum absolute atomic E-state index is 0.0395. The molecule has 3 aromatic rings. The van der Waals surface area contributed by atoms with Crippen molar-refractivity contribution in [2.75, 3.05) is 16.8 Å². The number of fused-ring (bicyclic) bond motifs is 1. The van der Waals surface area contributed by atoms with Gasteiger partial charge in [0.2, 0.25) is 11.8 Å². The van der Waals surface area contributed by atoms with Gasteiger partial charge in [0.05, 0.1) is 33.5 Å². The first-order valence-corrected chi connectivity index (χ1v) is 10.7. The Kier molecular flexibility index (Phi) is 6.21. The predicted molar refractivity (Wildman–Crippen MR) is 116 cm³/mol. The van der Waals surface area contributed by atoms with Gasteiger partial charge < -0.3 is 14.6 Å². The fraction of sp³-hybridized carbons (Fsp3) is 0.182. The van der Waals surface area contributed by atoms with E-state index in [1.165, 1.54) is 22.9 Å². The monoisotopic (exact) mass is 480 g/mol. The summed E-state index contributed by atoms with van der Waals surface area (Å²) >= 11 is 7.42. The Morgan fingerprint density at radius 3 is 2.69 bits per heavy atom. The van der Waals surface area contributed by atoms with E-state index in [1.54, 1.807) is 24.3 Å². The van der Waals surface area contributed by atoms with Crippen molar-refractivity contribution in [1.29, 1.82) is 0 Å². The normalized spacial score (nSPS) is 16.4. The molecule has 1 aliphatic heterocycles. The number of amides is 2. The van der Waals surface area contributed by atoms with Crippen LogP contribution in [0.2, 0.25) is 5.02 Å². The lowest BCUT2D eigenvalue weighted by Gasteiger charge is -2.22. The van der Waals surface area contributed by atoms with Crippen LogP contribution in [0.3, 0.4) is 0 Å². The summed E-state index contributed by atoms with van der Waals surface area (Å²) in [4.78, 5) is 27.8. The number of benzene rings is 2. The number of thioether (sulfide) groups is 1. The van der Waals surface area contributed by atoms with E-state index in [0.29, 0.717) is 11.4 Å². The van der Waals surface area contributed by atoms with Crippen LogP contribution in [0.5, 0.6) is 0 Å². The highest BCUT2D eigenvalue weighted by Crippen LogP contribution is 2.45. The molecular weight excluding hydrogens is 465 g/mol. The second kappa shape index (κ2) is 8.91. The number of nitrogens with one attached hydrogen (secondary N) is 1. The number of hydrogen-bond acceptors (Lipinski definition) is 4. The summed E-state index contributed by atoms with van der Waals surface area (Å²) in [6.45, 7) is -0.381. The van der Waals surface area contributed by atoms with Crippen molar-refractivity contribution < 1.29 is 27.2 Å². The molecule has 4 rings (SSSR count). The summed E-state index contributed by atoms with van der Waals surface area (Å²) in [6, 6.07) is 13.3. The maximum atomic E-state index is 13.0. The van der Waals surface area contributed by atoms with Crippen LogP contribution in [0.15, 0.2) is 70.2 Å². The lowest BCUT2D eigenvalue weighted by molar-refractivity contribution is -0.137. The molecule has 1 aromatic heterocycles. The molecule has 0 saturated heterocycles. The van der Waals surface area contributed by atoms with Crippen LogP contribution in [-0.4, -0.2) is 18.4 Å². The molecular formula is C22H16ClF3N2O3S. The van der Waals surface area contributed by atoms with Crippen molar-refractivity contribution >= 4 is 46.6 Å². The van der Waals surface area contributed by atoms with Crippen LogP contribution < -0.4 is 10.2 Å². The molecule has 1 unspecified atom stereocenters. The van der Waals surface area contributed by atoms with Gasteiger partial charge in [-0.3, -0.25) is 9.59 Å². The predicted octanol–water partition coefficient (Wildman–Crippen LogP) is 6.16. The minimum atomic E-state index is -4.58. The molecule has 2 heterocycles. The van der Waals surface area contributed by atoms with E-state index in [0.717, 1.165) is 23.1 Å². The van der Waals surface area contributed by atoms with Gasteiger partial charge in [0.15, 0.2) is 0 Å². The summed E-state index contributed by atoms with van der Waals surface area (Å²) in [7, 11) is 0. The number of anilines is 2. The van der Waals surface area contributed by atoms with E-state index in [-0.39, 0.29) is 34.8 Å². The largest absolute Gasteiger partial charge is 0.468 e. The number of carbonyl (C=O) groups excluding carboxylic acids is 2. The van der Waals surface area contributed by atoms with Gasteiger partial charge in [0, 0.05) is 11.3 Å². The van der Waals surface area contributed by atoms with Gasteiger partial charge in [-0.2, -0.15) is 13.2 Å². The molecule has 0 fully saturated rings. The summed E-state index contributed by atoms with van der Waals surface area (Å²) < 4.78 is 44.5. The number of furan rings is 1. The van der Waals surface area contributed by atoms with E-state index < -0.39 is 17.6 Å². The smallest absolute Gasteiger partial charge is 0.416 e. The topological polar surface area (TPSA) is 62.6 Å². The maximum Gasteiger partial charge on any atom is 0.416 e. The standard InChI is InChI=1S/C22H16ClF3N2O3S/c23-14-8-7-13(22(24,25)26)10-15(14)27-20(29)12-28-16-4-1-2-6-18(16)32-19(11-21(28)30)17-5-3-9-31-17/h1-10,19H,11-12H2,(H,27,29). The molecule has 5 nitrogen and oxygen atoms in total. The maximum absolute atomic E-state index is 13.0. The van der Waals surface area contributed by atoms with Crippen LogP contribution in [0.25, 0.3) is 0 Å². The molecule has 2 amide bonds. The van der Waals surface area contributed by atoms with Crippen LogP contribution in [0.4, 0.5) is 24.5 Å². The van der Waals surface area contributed by atoms with Gasteiger partial charge >= 0.3 is 6.18 Å². The van der Waals surface area contributed by atoms with Gasteiger partial charge in [-0.05, 0) is 42.5 Å². The highest BCUT2D eigenvalue weighted by Gasteiger charge is 2.33. The minimum Gasteiger partial charge on any atom is -0.468 e. The Bertz CT molecular complexity index is 1150. The summed E-state index contributed by atoms with van der Waals surface area (Å²) in [5, 5.41) is 2.08. The zero-order valence-electron chi connectivity index (χ0n) is 16.4. The summed E-state index contributed by atoms with van der Waals surface area (Å²) in [6.07, 6.45) is -2.96. The van der Waals surface area contributed by atoms with Gasteiger partial charge in [0.1, 0.15) is 12.3 Å². The SMILES string of the molecule is O=C(CN1C(=O)CC(c2ccco2)Sc2ccccc21)Nc1cc(C(F)(F)F)ccc1Cl. The van der Waals surface area contributed by atoms with E-state index in [4.69, 9.17) is 16.0 Å². The third kappa shape index (κ3) is 4.78. The second-order valence-corrected chi connectivity index (χ2v) is 8.67. The van der Waals surface area contributed by atoms with Crippen molar-refractivity contribution in [2.45, 2.75) is 22.7 Å². The molecule has 10 heteroatoms. The molecule has 0 spiro atoms. The molecule has 1 atom stereocenters. The number of alkyl halides is 3. The second-order valence-electron chi connectivity index (χ2n) is 7.01. The third-order valence-electron chi connectivity index (χ3n) is 4.82. The highest BCUT2D eigenvalue weighted by atomic mass is 35.5. The van der Waals surface area contributed by atoms with Crippen LogP contribution in [0.1, 0.15) is 23.0 Å². The Balaban J connectivity index is 1.57. The molecule has 1 N–H and O–H groups in total. The number of halogens is 4. The Labute approximate surface area is 190 Å². The van der Waals surface area contributed by atoms with Gasteiger partial charge in [0.25, 0.3) is 0 Å². The van der Waals surface area contributed by atoms with E-state index in [2.05, 4.69) is 5.32 Å². The molecule has 2 aromatic carbocycles. The molecule has 32 heavy (non-hydrogen) atoms. The first-order valence-electron chi connectivity index (χ1n) is 9.48. The lowest BCUT2D eigenvalue weighted by Crippen LogP contribution is -2.38. The molecule has 0 aliphatic carbocycles. The van der Waals surface area contributed by atoms with E-state index in [1.807, 2.05) is 12.1 Å². The number of rotatable bonds is 4. The van der Waals surface area contributed by atoms with Crippen molar-refractivity contribution in [3.63, 3.8) is 0 Å². The first-order chi connectivity index (χ1) is 15.2. The van der Waals surface area contributed by atoms with Crippen molar-refractivity contribution in [3.05, 3.63) is 77.2 Å². The fourth-order valence-electron chi connectivity index (χ4n) is 3.32. The molecule has 0 saturated carbocycles.